The Morgan fingerprint density at radius 3 is 2.87 bits per heavy atom. The molecule has 0 amide bonds. The largest absolute Gasteiger partial charge is 0.314 e. The van der Waals surface area contributed by atoms with Gasteiger partial charge in [0.05, 0.1) is 12.7 Å². The fraction of sp³-hybridized carbons (Fsp3) is 0.438. The minimum Gasteiger partial charge on any atom is -0.314 e. The van der Waals surface area contributed by atoms with E-state index in [4.69, 9.17) is 0 Å². The van der Waals surface area contributed by atoms with Crippen LogP contribution in [-0.2, 0) is 16.6 Å². The topological polar surface area (TPSA) is 76.0 Å². The molecule has 1 aliphatic rings. The van der Waals surface area contributed by atoms with Crippen molar-refractivity contribution >= 4 is 10.0 Å². The zero-order valence-corrected chi connectivity index (χ0v) is 14.0. The smallest absolute Gasteiger partial charge is 0.243 e. The van der Waals surface area contributed by atoms with Crippen LogP contribution < -0.4 is 10.0 Å². The summed E-state index contributed by atoms with van der Waals surface area (Å²) in [5.41, 5.74) is 1.08. The molecule has 7 heteroatoms. The summed E-state index contributed by atoms with van der Waals surface area (Å²) in [6.45, 7) is 3.46. The molecule has 3 rings (SSSR count). The van der Waals surface area contributed by atoms with Gasteiger partial charge in [-0.2, -0.15) is 5.10 Å². The van der Waals surface area contributed by atoms with Crippen molar-refractivity contribution in [3.05, 3.63) is 48.3 Å². The van der Waals surface area contributed by atoms with Crippen LogP contribution in [0.2, 0.25) is 0 Å². The highest BCUT2D eigenvalue weighted by Gasteiger charge is 2.25. The second kappa shape index (κ2) is 6.82. The molecule has 0 radical (unpaired) electrons. The molecule has 124 valence electrons. The van der Waals surface area contributed by atoms with E-state index in [0.717, 1.165) is 24.9 Å². The number of hydrogen-bond acceptors (Lipinski definition) is 4. The third-order valence-electron chi connectivity index (χ3n) is 4.05. The Morgan fingerprint density at radius 1 is 1.35 bits per heavy atom. The normalized spacial score (nSPS) is 22.1. The molecular weight excluding hydrogens is 312 g/mol. The van der Waals surface area contributed by atoms with Crippen molar-refractivity contribution in [3.8, 4) is 0 Å². The van der Waals surface area contributed by atoms with Crippen LogP contribution in [-0.4, -0.2) is 36.8 Å². The summed E-state index contributed by atoms with van der Waals surface area (Å²) in [4.78, 5) is 0.222. The molecule has 2 heterocycles. The molecule has 0 bridgehead atoms. The van der Waals surface area contributed by atoms with Crippen molar-refractivity contribution in [3.63, 3.8) is 0 Å². The first-order valence-electron chi connectivity index (χ1n) is 7.85. The summed E-state index contributed by atoms with van der Waals surface area (Å²) in [6, 6.07) is 10.2. The lowest BCUT2D eigenvalue weighted by Crippen LogP contribution is -2.46. The number of sulfonamides is 1. The van der Waals surface area contributed by atoms with Gasteiger partial charge in [0, 0.05) is 18.3 Å². The molecule has 1 aromatic carbocycles. The van der Waals surface area contributed by atoms with Gasteiger partial charge in [-0.3, -0.25) is 4.68 Å². The van der Waals surface area contributed by atoms with Crippen LogP contribution in [0.5, 0.6) is 0 Å². The number of rotatable bonds is 5. The van der Waals surface area contributed by atoms with E-state index in [0.29, 0.717) is 12.6 Å². The van der Waals surface area contributed by atoms with Gasteiger partial charge >= 0.3 is 0 Å². The van der Waals surface area contributed by atoms with E-state index >= 15 is 0 Å². The zero-order valence-electron chi connectivity index (χ0n) is 13.1. The van der Waals surface area contributed by atoms with Crippen LogP contribution >= 0.6 is 0 Å². The van der Waals surface area contributed by atoms with Crippen LogP contribution in [0, 0.1) is 0 Å². The average molecular weight is 334 g/mol. The van der Waals surface area contributed by atoms with E-state index in [9.17, 15) is 8.42 Å². The fourth-order valence-electron chi connectivity index (χ4n) is 2.87. The van der Waals surface area contributed by atoms with Gasteiger partial charge in [-0.1, -0.05) is 30.3 Å². The number of nitrogens with zero attached hydrogens (tertiary/aromatic N) is 2. The molecule has 23 heavy (non-hydrogen) atoms. The highest BCUT2D eigenvalue weighted by Crippen LogP contribution is 2.14. The van der Waals surface area contributed by atoms with Gasteiger partial charge in [-0.05, 0) is 31.9 Å². The highest BCUT2D eigenvalue weighted by molar-refractivity contribution is 7.89. The molecule has 1 aliphatic heterocycles. The number of aromatic nitrogens is 2. The first-order chi connectivity index (χ1) is 11.0. The lowest BCUT2D eigenvalue weighted by atomic mass is 10.0. The lowest BCUT2D eigenvalue weighted by Gasteiger charge is -2.28. The number of piperidine rings is 1. The quantitative estimate of drug-likeness (QED) is 0.865. The Bertz CT molecular complexity index is 742. The van der Waals surface area contributed by atoms with Crippen molar-refractivity contribution < 1.29 is 8.42 Å². The summed E-state index contributed by atoms with van der Waals surface area (Å²) in [5.74, 6) is 0. The molecule has 6 nitrogen and oxygen atoms in total. The van der Waals surface area contributed by atoms with Gasteiger partial charge in [0.1, 0.15) is 4.90 Å². The number of hydrogen-bond donors (Lipinski definition) is 2. The van der Waals surface area contributed by atoms with Crippen LogP contribution in [0.4, 0.5) is 0 Å². The fourth-order valence-corrected chi connectivity index (χ4v) is 4.10. The summed E-state index contributed by atoms with van der Waals surface area (Å²) in [7, 11) is -3.52. The van der Waals surface area contributed by atoms with E-state index in [1.807, 2.05) is 30.3 Å². The van der Waals surface area contributed by atoms with Gasteiger partial charge in [-0.15, -0.1) is 0 Å². The first-order valence-corrected chi connectivity index (χ1v) is 9.33. The molecule has 0 aliphatic carbocycles. The molecule has 1 aromatic heterocycles. The van der Waals surface area contributed by atoms with Gasteiger partial charge < -0.3 is 5.32 Å². The Balaban J connectivity index is 1.68. The molecule has 2 aromatic rings. The Kier molecular flexibility index (Phi) is 4.79. The van der Waals surface area contributed by atoms with Gasteiger partial charge in [-0.25, -0.2) is 13.1 Å². The summed E-state index contributed by atoms with van der Waals surface area (Å²) >= 11 is 0. The first kappa shape index (κ1) is 16.2. The third-order valence-corrected chi connectivity index (χ3v) is 5.53. The minimum atomic E-state index is -3.52. The van der Waals surface area contributed by atoms with Crippen LogP contribution in [0.1, 0.15) is 25.3 Å². The maximum absolute atomic E-state index is 12.5. The van der Waals surface area contributed by atoms with E-state index in [2.05, 4.69) is 22.1 Å². The van der Waals surface area contributed by atoms with E-state index < -0.39 is 10.0 Å². The maximum atomic E-state index is 12.5. The SMILES string of the molecule is C[C@@H]1C[C@@H](NS(=O)(=O)c2cnn(Cc3ccccc3)c2)CCN1. The van der Waals surface area contributed by atoms with E-state index in [1.165, 1.54) is 6.20 Å². The number of benzene rings is 1. The summed E-state index contributed by atoms with van der Waals surface area (Å²) in [6.07, 6.45) is 4.61. The second-order valence-corrected chi connectivity index (χ2v) is 7.77. The maximum Gasteiger partial charge on any atom is 0.243 e. The van der Waals surface area contributed by atoms with Crippen LogP contribution in [0.3, 0.4) is 0 Å². The predicted octanol–water partition coefficient (Wildman–Crippen LogP) is 1.35. The van der Waals surface area contributed by atoms with E-state index in [-0.39, 0.29) is 10.9 Å². The third kappa shape index (κ3) is 4.19. The van der Waals surface area contributed by atoms with Crippen molar-refractivity contribution in [1.29, 1.82) is 0 Å². The van der Waals surface area contributed by atoms with Gasteiger partial charge in [0.15, 0.2) is 0 Å². The molecule has 0 unspecified atom stereocenters. The molecular formula is C16H22N4O2S. The molecule has 2 N–H and O–H groups in total. The van der Waals surface area contributed by atoms with Crippen molar-refractivity contribution in [2.24, 2.45) is 0 Å². The van der Waals surface area contributed by atoms with Gasteiger partial charge in [0.2, 0.25) is 10.0 Å². The average Bonchev–Trinajstić information content (AvgIpc) is 2.97. The van der Waals surface area contributed by atoms with Crippen molar-refractivity contribution in [2.75, 3.05) is 6.54 Å². The molecule has 0 spiro atoms. The Hall–Kier alpha value is -1.70. The second-order valence-electron chi connectivity index (χ2n) is 6.06. The highest BCUT2D eigenvalue weighted by atomic mass is 32.2. The van der Waals surface area contributed by atoms with Gasteiger partial charge in [0.25, 0.3) is 0 Å². The van der Waals surface area contributed by atoms with Crippen molar-refractivity contribution in [2.45, 2.75) is 43.3 Å². The lowest BCUT2D eigenvalue weighted by molar-refractivity contribution is 0.361. The Morgan fingerprint density at radius 2 is 2.13 bits per heavy atom. The molecule has 1 saturated heterocycles. The van der Waals surface area contributed by atoms with Crippen LogP contribution in [0.25, 0.3) is 0 Å². The summed E-state index contributed by atoms with van der Waals surface area (Å²) < 4.78 is 29.4. The molecule has 1 fully saturated rings. The zero-order chi connectivity index (χ0) is 16.3. The summed E-state index contributed by atoms with van der Waals surface area (Å²) in [5, 5.41) is 7.49. The monoisotopic (exact) mass is 334 g/mol. The van der Waals surface area contributed by atoms with Crippen molar-refractivity contribution in [1.82, 2.24) is 19.8 Å². The number of nitrogens with one attached hydrogen (secondary N) is 2. The minimum absolute atomic E-state index is 0.0197. The van der Waals surface area contributed by atoms with Crippen LogP contribution in [0.15, 0.2) is 47.6 Å². The predicted molar refractivity (Wildman–Crippen MR) is 88.6 cm³/mol. The van der Waals surface area contributed by atoms with E-state index in [1.54, 1.807) is 10.9 Å². The Labute approximate surface area is 137 Å². The standard InChI is InChI=1S/C16H22N4O2S/c1-13-9-15(7-8-17-13)19-23(21,22)16-10-18-20(12-16)11-14-5-3-2-4-6-14/h2-6,10,12-13,15,17,19H,7-9,11H2,1H3/t13-,15+/m1/s1. The molecule has 0 saturated carbocycles. The molecule has 2 atom stereocenters.